The van der Waals surface area contributed by atoms with Gasteiger partial charge in [0.05, 0.1) is 11.5 Å². The van der Waals surface area contributed by atoms with Crippen molar-refractivity contribution in [2.75, 3.05) is 6.54 Å². The molecule has 2 nitrogen and oxygen atoms in total. The first kappa shape index (κ1) is 12.6. The monoisotopic (exact) mass is 224 g/mol. The third kappa shape index (κ3) is 3.28. The molecule has 0 aromatic heterocycles. The van der Waals surface area contributed by atoms with Crippen molar-refractivity contribution in [3.05, 3.63) is 35.4 Å². The van der Waals surface area contributed by atoms with Crippen molar-refractivity contribution < 1.29 is 8.78 Å². The molecular weight excluding hydrogens is 210 g/mol. The van der Waals surface area contributed by atoms with Crippen LogP contribution in [-0.4, -0.2) is 6.54 Å². The summed E-state index contributed by atoms with van der Waals surface area (Å²) in [5, 5.41) is 11.6. The highest BCUT2D eigenvalue weighted by molar-refractivity contribution is 5.19. The number of nitrogens with zero attached hydrogens (tertiary/aromatic N) is 1. The van der Waals surface area contributed by atoms with E-state index in [-0.39, 0.29) is 12.1 Å². The highest BCUT2D eigenvalue weighted by Gasteiger charge is 2.16. The van der Waals surface area contributed by atoms with Crippen molar-refractivity contribution in [3.63, 3.8) is 0 Å². The summed E-state index contributed by atoms with van der Waals surface area (Å²) in [6.07, 6.45) is 0. The molecule has 0 unspecified atom stereocenters. The molecule has 0 aliphatic carbocycles. The fourth-order valence-corrected chi connectivity index (χ4v) is 1.24. The van der Waals surface area contributed by atoms with Crippen LogP contribution in [0.25, 0.3) is 0 Å². The van der Waals surface area contributed by atoms with Crippen LogP contribution in [0.2, 0.25) is 0 Å². The van der Waals surface area contributed by atoms with E-state index in [0.717, 1.165) is 0 Å². The number of rotatable bonds is 4. The molecule has 0 atom stereocenters. The van der Waals surface area contributed by atoms with Gasteiger partial charge in [-0.2, -0.15) is 5.26 Å². The molecule has 0 saturated heterocycles. The summed E-state index contributed by atoms with van der Waals surface area (Å²) < 4.78 is 26.4. The van der Waals surface area contributed by atoms with E-state index in [0.29, 0.717) is 6.54 Å². The largest absolute Gasteiger partial charge is 0.311 e. The Morgan fingerprint density at radius 1 is 1.31 bits per heavy atom. The number of nitriles is 1. The number of benzene rings is 1. The van der Waals surface area contributed by atoms with E-state index in [9.17, 15) is 8.78 Å². The zero-order valence-corrected chi connectivity index (χ0v) is 9.35. The molecule has 0 amide bonds. The lowest BCUT2D eigenvalue weighted by Crippen LogP contribution is -2.28. The minimum atomic E-state index is -0.567. The Balaban J connectivity index is 2.60. The van der Waals surface area contributed by atoms with Crippen LogP contribution in [0.3, 0.4) is 0 Å². The van der Waals surface area contributed by atoms with Crippen LogP contribution in [0.15, 0.2) is 18.2 Å². The Kier molecular flexibility index (Phi) is 3.97. The third-order valence-corrected chi connectivity index (χ3v) is 2.23. The molecule has 86 valence electrons. The van der Waals surface area contributed by atoms with Gasteiger partial charge < -0.3 is 5.32 Å². The minimum absolute atomic E-state index is 0.0104. The topological polar surface area (TPSA) is 35.8 Å². The number of halogens is 2. The van der Waals surface area contributed by atoms with Crippen molar-refractivity contribution in [2.45, 2.75) is 20.4 Å². The fraction of sp³-hybridized carbons (Fsp3) is 0.417. The summed E-state index contributed by atoms with van der Waals surface area (Å²) in [7, 11) is 0. The van der Waals surface area contributed by atoms with E-state index in [4.69, 9.17) is 5.26 Å². The standard InChI is InChI=1S/C12H14F2N2/c1-12(2,7-15)8-16-6-9-10(13)4-3-5-11(9)14/h3-5,16H,6,8H2,1-2H3. The molecule has 0 aliphatic heterocycles. The van der Waals surface area contributed by atoms with Crippen LogP contribution in [-0.2, 0) is 6.54 Å². The van der Waals surface area contributed by atoms with E-state index in [1.54, 1.807) is 13.8 Å². The molecule has 1 rings (SSSR count). The second-order valence-corrected chi connectivity index (χ2v) is 4.30. The summed E-state index contributed by atoms with van der Waals surface area (Å²) in [5.41, 5.74) is -0.530. The Morgan fingerprint density at radius 2 is 1.88 bits per heavy atom. The normalized spacial score (nSPS) is 11.2. The molecule has 0 radical (unpaired) electrons. The minimum Gasteiger partial charge on any atom is -0.311 e. The molecular formula is C12H14F2N2. The summed E-state index contributed by atoms with van der Waals surface area (Å²) in [5.74, 6) is -1.13. The summed E-state index contributed by atoms with van der Waals surface area (Å²) >= 11 is 0. The molecule has 0 fully saturated rings. The smallest absolute Gasteiger partial charge is 0.130 e. The first-order valence-electron chi connectivity index (χ1n) is 5.01. The maximum absolute atomic E-state index is 13.2. The van der Waals surface area contributed by atoms with Gasteiger partial charge in [-0.25, -0.2) is 8.78 Å². The predicted molar refractivity (Wildman–Crippen MR) is 57.5 cm³/mol. The molecule has 0 spiro atoms. The molecule has 1 aromatic rings. The highest BCUT2D eigenvalue weighted by Crippen LogP contribution is 2.14. The van der Waals surface area contributed by atoms with E-state index in [1.807, 2.05) is 0 Å². The van der Waals surface area contributed by atoms with Gasteiger partial charge in [-0.15, -0.1) is 0 Å². The Labute approximate surface area is 93.9 Å². The van der Waals surface area contributed by atoms with Crippen molar-refractivity contribution in [3.8, 4) is 6.07 Å². The lowest BCUT2D eigenvalue weighted by atomic mass is 9.96. The molecule has 0 saturated carbocycles. The molecule has 0 heterocycles. The van der Waals surface area contributed by atoms with Crippen LogP contribution in [0.1, 0.15) is 19.4 Å². The second kappa shape index (κ2) is 5.04. The van der Waals surface area contributed by atoms with E-state index in [1.165, 1.54) is 18.2 Å². The van der Waals surface area contributed by atoms with Gasteiger partial charge in [-0.1, -0.05) is 6.07 Å². The zero-order chi connectivity index (χ0) is 12.2. The van der Waals surface area contributed by atoms with Gasteiger partial charge >= 0.3 is 0 Å². The van der Waals surface area contributed by atoms with Crippen molar-refractivity contribution in [2.24, 2.45) is 5.41 Å². The van der Waals surface area contributed by atoms with Gasteiger partial charge in [0.25, 0.3) is 0 Å². The molecule has 1 N–H and O–H groups in total. The van der Waals surface area contributed by atoms with Crippen LogP contribution in [0.4, 0.5) is 8.78 Å². The van der Waals surface area contributed by atoms with Gasteiger partial charge in [0, 0.05) is 18.7 Å². The Hall–Kier alpha value is -1.47. The van der Waals surface area contributed by atoms with E-state index in [2.05, 4.69) is 11.4 Å². The summed E-state index contributed by atoms with van der Waals surface area (Å²) in [6, 6.07) is 5.87. The first-order valence-corrected chi connectivity index (χ1v) is 5.01. The molecule has 0 bridgehead atoms. The maximum atomic E-state index is 13.2. The lowest BCUT2D eigenvalue weighted by molar-refractivity contribution is 0.435. The lowest BCUT2D eigenvalue weighted by Gasteiger charge is -2.16. The predicted octanol–water partition coefficient (Wildman–Crippen LogP) is 2.60. The quantitative estimate of drug-likeness (QED) is 0.853. The van der Waals surface area contributed by atoms with Crippen molar-refractivity contribution in [1.29, 1.82) is 5.26 Å². The third-order valence-electron chi connectivity index (χ3n) is 2.23. The molecule has 1 aromatic carbocycles. The Morgan fingerprint density at radius 3 is 2.38 bits per heavy atom. The van der Waals surface area contributed by atoms with Gasteiger partial charge in [0.15, 0.2) is 0 Å². The van der Waals surface area contributed by atoms with Crippen LogP contribution in [0, 0.1) is 28.4 Å². The number of hydrogen-bond donors (Lipinski definition) is 1. The average molecular weight is 224 g/mol. The number of hydrogen-bond acceptors (Lipinski definition) is 2. The summed E-state index contributed by atoms with van der Waals surface area (Å²) in [4.78, 5) is 0. The first-order chi connectivity index (χ1) is 7.46. The van der Waals surface area contributed by atoms with E-state index >= 15 is 0 Å². The second-order valence-electron chi connectivity index (χ2n) is 4.30. The molecule has 4 heteroatoms. The Bertz CT molecular complexity index is 388. The van der Waals surface area contributed by atoms with Crippen LogP contribution < -0.4 is 5.32 Å². The van der Waals surface area contributed by atoms with Gasteiger partial charge in [0.2, 0.25) is 0 Å². The maximum Gasteiger partial charge on any atom is 0.130 e. The van der Waals surface area contributed by atoms with Gasteiger partial charge in [-0.05, 0) is 26.0 Å². The van der Waals surface area contributed by atoms with Gasteiger partial charge in [0.1, 0.15) is 11.6 Å². The molecule has 16 heavy (non-hydrogen) atoms. The zero-order valence-electron chi connectivity index (χ0n) is 9.35. The van der Waals surface area contributed by atoms with Gasteiger partial charge in [-0.3, -0.25) is 0 Å². The van der Waals surface area contributed by atoms with Crippen LogP contribution in [0.5, 0.6) is 0 Å². The number of nitrogens with one attached hydrogen (secondary N) is 1. The van der Waals surface area contributed by atoms with Crippen molar-refractivity contribution >= 4 is 0 Å². The summed E-state index contributed by atoms with van der Waals surface area (Å²) in [6.45, 7) is 4.00. The average Bonchev–Trinajstić information content (AvgIpc) is 2.22. The fourth-order valence-electron chi connectivity index (χ4n) is 1.24. The SMILES string of the molecule is CC(C)(C#N)CNCc1c(F)cccc1F. The van der Waals surface area contributed by atoms with Crippen molar-refractivity contribution in [1.82, 2.24) is 5.32 Å². The van der Waals surface area contributed by atoms with Crippen LogP contribution >= 0.6 is 0 Å². The molecule has 0 aliphatic rings. The highest BCUT2D eigenvalue weighted by atomic mass is 19.1. The van der Waals surface area contributed by atoms with E-state index < -0.39 is 17.0 Å².